The Morgan fingerprint density at radius 2 is 0.944 bits per heavy atom. The van der Waals surface area contributed by atoms with Gasteiger partial charge in [0.25, 0.3) is 0 Å². The topological polar surface area (TPSA) is 17.8 Å². The van der Waals surface area contributed by atoms with Crippen LogP contribution >= 0.6 is 0 Å². The summed E-state index contributed by atoms with van der Waals surface area (Å²) in [5.41, 5.74) is 18.2. The Balaban J connectivity index is 1.03. The summed E-state index contributed by atoms with van der Waals surface area (Å²) in [6.07, 6.45) is 2.07. The third kappa shape index (κ3) is 4.14. The van der Waals surface area contributed by atoms with E-state index in [0.717, 1.165) is 11.2 Å². The first kappa shape index (κ1) is 30.8. The van der Waals surface area contributed by atoms with Crippen LogP contribution in [0.4, 0.5) is 0 Å². The quantitative estimate of drug-likeness (QED) is 0.176. The van der Waals surface area contributed by atoms with Gasteiger partial charge >= 0.3 is 0 Å². The predicted octanol–water partition coefficient (Wildman–Crippen LogP) is 12.4. The summed E-state index contributed by atoms with van der Waals surface area (Å²) in [6, 6.07) is 71.2. The lowest BCUT2D eigenvalue weighted by Gasteiger charge is -2.34. The van der Waals surface area contributed by atoms with Gasteiger partial charge in [-0.3, -0.25) is 0 Å². The molecule has 0 aliphatic heterocycles. The van der Waals surface area contributed by atoms with Gasteiger partial charge < -0.3 is 0 Å². The summed E-state index contributed by atoms with van der Waals surface area (Å²) in [6.45, 7) is 2.37. The molecule has 0 saturated heterocycles. The summed E-state index contributed by atoms with van der Waals surface area (Å²) in [7, 11) is 0. The first-order valence-electron chi connectivity index (χ1n) is 18.8. The van der Waals surface area contributed by atoms with E-state index in [1.165, 1.54) is 77.7 Å². The lowest BCUT2D eigenvalue weighted by molar-refractivity contribution is 0.720. The van der Waals surface area contributed by atoms with Crippen LogP contribution in [0, 0.1) is 0 Å². The largest absolute Gasteiger partial charge is 0.233 e. The Bertz CT molecular complexity index is 2830. The molecule has 0 saturated carbocycles. The molecule has 254 valence electrons. The smallest absolute Gasteiger partial charge is 0.0744 e. The number of hydrogen-bond acceptors (Lipinski definition) is 1. The minimum atomic E-state index is -0.424. The van der Waals surface area contributed by atoms with Gasteiger partial charge in [0, 0.05) is 10.8 Å². The molecule has 0 N–H and O–H groups in total. The summed E-state index contributed by atoms with van der Waals surface area (Å²) in [5.74, 6) is 0. The zero-order valence-electron chi connectivity index (χ0n) is 29.9. The molecule has 0 bridgehead atoms. The normalized spacial score (nSPS) is 16.1. The number of rotatable bonds is 5. The molecule has 0 spiro atoms. The molecule has 54 heavy (non-hydrogen) atoms. The molecular formula is C52H36N2. The molecule has 9 aromatic rings. The van der Waals surface area contributed by atoms with Crippen molar-refractivity contribution in [1.82, 2.24) is 9.78 Å². The fourth-order valence-corrected chi connectivity index (χ4v) is 9.85. The van der Waals surface area contributed by atoms with Crippen molar-refractivity contribution in [3.8, 4) is 39.1 Å². The second kappa shape index (κ2) is 11.6. The van der Waals surface area contributed by atoms with Gasteiger partial charge in [-0.15, -0.1) is 0 Å². The SMILES string of the molecule is CC1(c2ccccc2)c2ccccc2-c2ccc3c(cnn3-c3ccc(-c4ccc5c(c4)C(c4ccccc4)(c4ccccc4)c4ccccc4-5)cc3)c21. The molecule has 0 amide bonds. The fourth-order valence-electron chi connectivity index (χ4n) is 9.85. The minimum absolute atomic E-state index is 0.285. The molecule has 2 aliphatic carbocycles. The van der Waals surface area contributed by atoms with Crippen LogP contribution in [0.1, 0.15) is 45.9 Å². The van der Waals surface area contributed by atoms with E-state index in [1.807, 2.05) is 0 Å². The average Bonchev–Trinajstić information content (AvgIpc) is 3.90. The highest BCUT2D eigenvalue weighted by molar-refractivity contribution is 5.98. The maximum absolute atomic E-state index is 5.04. The van der Waals surface area contributed by atoms with E-state index in [1.54, 1.807) is 0 Å². The Hall–Kier alpha value is -6.77. The monoisotopic (exact) mass is 688 g/mol. The van der Waals surface area contributed by atoms with Gasteiger partial charge in [0.2, 0.25) is 0 Å². The van der Waals surface area contributed by atoms with Crippen molar-refractivity contribution < 1.29 is 0 Å². The third-order valence-electron chi connectivity index (χ3n) is 12.3. The van der Waals surface area contributed by atoms with Crippen molar-refractivity contribution >= 4 is 10.9 Å². The second-order valence-corrected chi connectivity index (χ2v) is 14.8. The highest BCUT2D eigenvalue weighted by Crippen LogP contribution is 2.57. The van der Waals surface area contributed by atoms with E-state index < -0.39 is 5.41 Å². The highest BCUT2D eigenvalue weighted by atomic mass is 15.3. The van der Waals surface area contributed by atoms with Crippen molar-refractivity contribution in [2.75, 3.05) is 0 Å². The van der Waals surface area contributed by atoms with Crippen molar-refractivity contribution in [3.63, 3.8) is 0 Å². The van der Waals surface area contributed by atoms with E-state index in [4.69, 9.17) is 5.10 Å². The number of hydrogen-bond donors (Lipinski definition) is 0. The number of aromatic nitrogens is 2. The van der Waals surface area contributed by atoms with Crippen LogP contribution in [-0.2, 0) is 10.8 Å². The Morgan fingerprint density at radius 3 is 1.61 bits per heavy atom. The summed E-state index contributed by atoms with van der Waals surface area (Å²) < 4.78 is 2.10. The third-order valence-corrected chi connectivity index (χ3v) is 12.3. The molecule has 1 heterocycles. The molecule has 2 nitrogen and oxygen atoms in total. The van der Waals surface area contributed by atoms with Gasteiger partial charge in [-0.1, -0.05) is 170 Å². The lowest BCUT2D eigenvalue weighted by atomic mass is 9.67. The van der Waals surface area contributed by atoms with Crippen LogP contribution in [0.25, 0.3) is 50.0 Å². The molecule has 2 aliphatic rings. The van der Waals surface area contributed by atoms with Crippen LogP contribution in [0.15, 0.2) is 200 Å². The maximum Gasteiger partial charge on any atom is 0.0744 e. The summed E-state index contributed by atoms with van der Waals surface area (Å²) in [4.78, 5) is 0. The van der Waals surface area contributed by atoms with Crippen LogP contribution in [0.2, 0.25) is 0 Å². The average molecular weight is 689 g/mol. The molecular weight excluding hydrogens is 653 g/mol. The molecule has 0 radical (unpaired) electrons. The Kier molecular flexibility index (Phi) is 6.63. The minimum Gasteiger partial charge on any atom is -0.233 e. The van der Waals surface area contributed by atoms with Gasteiger partial charge in [0.15, 0.2) is 0 Å². The summed E-state index contributed by atoms with van der Waals surface area (Å²) >= 11 is 0. The van der Waals surface area contributed by atoms with Gasteiger partial charge in [-0.2, -0.15) is 5.10 Å². The zero-order chi connectivity index (χ0) is 35.9. The molecule has 1 unspecified atom stereocenters. The lowest BCUT2D eigenvalue weighted by Crippen LogP contribution is -2.28. The van der Waals surface area contributed by atoms with Crippen molar-refractivity contribution in [2.45, 2.75) is 17.8 Å². The molecule has 1 atom stereocenters. The van der Waals surface area contributed by atoms with Crippen LogP contribution in [0.5, 0.6) is 0 Å². The molecule has 0 fully saturated rings. The van der Waals surface area contributed by atoms with Gasteiger partial charge in [-0.05, 0) is 104 Å². The Morgan fingerprint density at radius 1 is 0.426 bits per heavy atom. The summed E-state index contributed by atoms with van der Waals surface area (Å²) in [5, 5.41) is 6.23. The van der Waals surface area contributed by atoms with E-state index in [9.17, 15) is 0 Å². The van der Waals surface area contributed by atoms with Crippen molar-refractivity contribution in [2.24, 2.45) is 0 Å². The molecule has 11 rings (SSSR count). The van der Waals surface area contributed by atoms with Crippen molar-refractivity contribution in [3.05, 3.63) is 239 Å². The second-order valence-electron chi connectivity index (χ2n) is 14.8. The first-order valence-corrected chi connectivity index (χ1v) is 18.8. The van der Waals surface area contributed by atoms with Crippen LogP contribution < -0.4 is 0 Å². The van der Waals surface area contributed by atoms with Crippen LogP contribution in [-0.4, -0.2) is 9.78 Å². The number of nitrogens with zero attached hydrogens (tertiary/aromatic N) is 2. The van der Waals surface area contributed by atoms with E-state index >= 15 is 0 Å². The van der Waals surface area contributed by atoms with E-state index in [0.29, 0.717) is 0 Å². The van der Waals surface area contributed by atoms with Crippen LogP contribution in [0.3, 0.4) is 0 Å². The number of benzene rings is 8. The van der Waals surface area contributed by atoms with Gasteiger partial charge in [-0.25, -0.2) is 4.68 Å². The van der Waals surface area contributed by atoms with Crippen molar-refractivity contribution in [1.29, 1.82) is 0 Å². The molecule has 8 aromatic carbocycles. The standard InChI is InChI=1S/C52H36N2/c1-51(37-15-5-2-6-16-37)46-23-13-11-22-42(46)44-31-32-49-45(50(44)51)34-53-54(49)40-28-25-35(26-29-40)36-27-30-43-41-21-12-14-24-47(41)52(48(43)33-36,38-17-7-3-8-18-38)39-19-9-4-10-20-39/h2-34H,1H3. The molecule has 1 aromatic heterocycles. The number of fused-ring (bicyclic) bond motifs is 8. The first-order chi connectivity index (χ1) is 26.7. The fraction of sp³-hybridized carbons (Fsp3) is 0.0577. The van der Waals surface area contributed by atoms with Gasteiger partial charge in [0.1, 0.15) is 0 Å². The van der Waals surface area contributed by atoms with E-state index in [2.05, 4.69) is 212 Å². The zero-order valence-corrected chi connectivity index (χ0v) is 29.9. The predicted molar refractivity (Wildman–Crippen MR) is 221 cm³/mol. The highest BCUT2D eigenvalue weighted by Gasteiger charge is 2.46. The van der Waals surface area contributed by atoms with E-state index in [-0.39, 0.29) is 5.41 Å². The maximum atomic E-state index is 5.04. The van der Waals surface area contributed by atoms with Gasteiger partial charge in [0.05, 0.1) is 22.8 Å². The molecule has 2 heteroatoms. The Labute approximate surface area is 315 Å².